The first kappa shape index (κ1) is 12.7. The maximum absolute atomic E-state index is 4.65. The summed E-state index contributed by atoms with van der Waals surface area (Å²) in [5, 5.41) is 4.51. The van der Waals surface area contributed by atoms with E-state index in [0.717, 1.165) is 28.2 Å². The second kappa shape index (κ2) is 4.63. The maximum atomic E-state index is 4.65. The minimum Gasteiger partial charge on any atom is -0.378 e. The number of fused-ring (bicyclic) bond motifs is 1. The topological polar surface area (TPSA) is 33.4 Å². The molecule has 102 valence electrons. The molecule has 4 heteroatoms. The second-order valence-corrected chi connectivity index (χ2v) is 5.28. The Morgan fingerprint density at radius 1 is 1.05 bits per heavy atom. The molecule has 3 rings (SSSR count). The van der Waals surface area contributed by atoms with Gasteiger partial charge in [0.15, 0.2) is 5.65 Å². The Hall–Kier alpha value is -2.36. The van der Waals surface area contributed by atoms with Crippen LogP contribution in [0.1, 0.15) is 11.3 Å². The molecule has 0 fully saturated rings. The number of hydrogen-bond acceptors (Lipinski definition) is 3. The van der Waals surface area contributed by atoms with E-state index < -0.39 is 0 Å². The number of aromatic nitrogens is 3. The molecule has 0 atom stereocenters. The first-order chi connectivity index (χ1) is 9.54. The minimum atomic E-state index is 0.889. The Morgan fingerprint density at radius 2 is 1.75 bits per heavy atom. The summed E-state index contributed by atoms with van der Waals surface area (Å²) in [5.74, 6) is 0. The summed E-state index contributed by atoms with van der Waals surface area (Å²) in [7, 11) is 4.07. The molecule has 2 aromatic heterocycles. The fourth-order valence-electron chi connectivity index (χ4n) is 2.17. The lowest BCUT2D eigenvalue weighted by Crippen LogP contribution is -2.07. The van der Waals surface area contributed by atoms with Gasteiger partial charge < -0.3 is 4.90 Å². The monoisotopic (exact) mass is 266 g/mol. The standard InChI is InChI=1S/C16H18N4/c1-11-9-16-17-15(10-20(16)18-12(11)2)13-5-7-14(8-6-13)19(3)4/h5-10H,1-4H3. The summed E-state index contributed by atoms with van der Waals surface area (Å²) < 4.78 is 1.84. The average Bonchev–Trinajstić information content (AvgIpc) is 2.82. The summed E-state index contributed by atoms with van der Waals surface area (Å²) in [5.41, 5.74) is 6.33. The average molecular weight is 266 g/mol. The molecule has 0 saturated carbocycles. The molecule has 4 nitrogen and oxygen atoms in total. The van der Waals surface area contributed by atoms with Gasteiger partial charge in [0.05, 0.1) is 17.6 Å². The van der Waals surface area contributed by atoms with Gasteiger partial charge in [-0.1, -0.05) is 12.1 Å². The van der Waals surface area contributed by atoms with Crippen LogP contribution in [-0.2, 0) is 0 Å². The Balaban J connectivity index is 2.05. The third-order valence-electron chi connectivity index (χ3n) is 3.57. The van der Waals surface area contributed by atoms with E-state index in [1.807, 2.05) is 31.7 Å². The second-order valence-electron chi connectivity index (χ2n) is 5.28. The molecular weight excluding hydrogens is 248 g/mol. The van der Waals surface area contributed by atoms with Gasteiger partial charge in [0.1, 0.15) is 0 Å². The molecule has 0 N–H and O–H groups in total. The van der Waals surface area contributed by atoms with Crippen molar-refractivity contribution in [2.45, 2.75) is 13.8 Å². The molecule has 2 heterocycles. The number of imidazole rings is 1. The van der Waals surface area contributed by atoms with Gasteiger partial charge in [-0.2, -0.15) is 5.10 Å². The van der Waals surface area contributed by atoms with E-state index in [2.05, 4.69) is 52.2 Å². The van der Waals surface area contributed by atoms with Gasteiger partial charge >= 0.3 is 0 Å². The zero-order chi connectivity index (χ0) is 14.3. The van der Waals surface area contributed by atoms with Crippen LogP contribution in [0.25, 0.3) is 16.9 Å². The lowest BCUT2D eigenvalue weighted by atomic mass is 10.1. The third kappa shape index (κ3) is 2.13. The van der Waals surface area contributed by atoms with Crippen molar-refractivity contribution in [3.05, 3.63) is 47.8 Å². The molecule has 0 radical (unpaired) electrons. The van der Waals surface area contributed by atoms with Gasteiger partial charge in [-0.3, -0.25) is 0 Å². The molecule has 0 unspecified atom stereocenters. The lowest BCUT2D eigenvalue weighted by molar-refractivity contribution is 0.889. The van der Waals surface area contributed by atoms with Crippen LogP contribution < -0.4 is 4.90 Å². The summed E-state index contributed by atoms with van der Waals surface area (Å²) >= 11 is 0. The predicted octanol–water partition coefficient (Wildman–Crippen LogP) is 3.08. The molecule has 0 spiro atoms. The summed E-state index contributed by atoms with van der Waals surface area (Å²) in [4.78, 5) is 6.73. The number of anilines is 1. The molecule has 1 aromatic carbocycles. The Labute approximate surface area is 118 Å². The largest absolute Gasteiger partial charge is 0.378 e. The van der Waals surface area contributed by atoms with Crippen molar-refractivity contribution in [3.63, 3.8) is 0 Å². The zero-order valence-corrected chi connectivity index (χ0v) is 12.3. The van der Waals surface area contributed by atoms with Crippen LogP contribution in [-0.4, -0.2) is 28.7 Å². The Bertz CT molecular complexity index is 715. The van der Waals surface area contributed by atoms with Gasteiger partial charge in [0, 0.05) is 25.3 Å². The van der Waals surface area contributed by atoms with Gasteiger partial charge in [-0.25, -0.2) is 9.50 Å². The van der Waals surface area contributed by atoms with E-state index >= 15 is 0 Å². The van der Waals surface area contributed by atoms with Gasteiger partial charge in [-0.05, 0) is 37.6 Å². The molecular formula is C16H18N4. The molecule has 0 aliphatic rings. The van der Waals surface area contributed by atoms with Gasteiger partial charge in [0.25, 0.3) is 0 Å². The van der Waals surface area contributed by atoms with E-state index in [1.54, 1.807) is 0 Å². The first-order valence-corrected chi connectivity index (χ1v) is 6.66. The predicted molar refractivity (Wildman–Crippen MR) is 82.2 cm³/mol. The Morgan fingerprint density at radius 3 is 2.40 bits per heavy atom. The van der Waals surface area contributed by atoms with Crippen LogP contribution in [0, 0.1) is 13.8 Å². The van der Waals surface area contributed by atoms with Crippen molar-refractivity contribution in [2.24, 2.45) is 0 Å². The van der Waals surface area contributed by atoms with Gasteiger partial charge in [0.2, 0.25) is 0 Å². The molecule has 0 saturated heterocycles. The summed E-state index contributed by atoms with van der Waals surface area (Å²) in [6.45, 7) is 4.07. The highest BCUT2D eigenvalue weighted by molar-refractivity contribution is 5.65. The fourth-order valence-corrected chi connectivity index (χ4v) is 2.17. The van der Waals surface area contributed by atoms with E-state index in [1.165, 1.54) is 5.69 Å². The van der Waals surface area contributed by atoms with Crippen molar-refractivity contribution in [1.29, 1.82) is 0 Å². The van der Waals surface area contributed by atoms with Crippen molar-refractivity contribution in [2.75, 3.05) is 19.0 Å². The SMILES string of the molecule is Cc1cc2nc(-c3ccc(N(C)C)cc3)cn2nc1C. The van der Waals surface area contributed by atoms with Crippen molar-refractivity contribution in [3.8, 4) is 11.3 Å². The van der Waals surface area contributed by atoms with Crippen molar-refractivity contribution in [1.82, 2.24) is 14.6 Å². The van der Waals surface area contributed by atoms with Crippen LogP contribution in [0.15, 0.2) is 36.5 Å². The van der Waals surface area contributed by atoms with Crippen LogP contribution in [0.4, 0.5) is 5.69 Å². The summed E-state index contributed by atoms with van der Waals surface area (Å²) in [6.07, 6.45) is 1.98. The zero-order valence-electron chi connectivity index (χ0n) is 12.3. The van der Waals surface area contributed by atoms with Crippen molar-refractivity contribution < 1.29 is 0 Å². The van der Waals surface area contributed by atoms with Crippen molar-refractivity contribution >= 4 is 11.3 Å². The molecule has 0 bridgehead atoms. The molecule has 0 aliphatic carbocycles. The van der Waals surface area contributed by atoms with Gasteiger partial charge in [-0.15, -0.1) is 0 Å². The van der Waals surface area contributed by atoms with E-state index in [0.29, 0.717) is 0 Å². The highest BCUT2D eigenvalue weighted by atomic mass is 15.2. The van der Waals surface area contributed by atoms with Crippen LogP contribution >= 0.6 is 0 Å². The smallest absolute Gasteiger partial charge is 0.154 e. The molecule has 3 aromatic rings. The van der Waals surface area contributed by atoms with Crippen LogP contribution in [0.5, 0.6) is 0 Å². The first-order valence-electron chi connectivity index (χ1n) is 6.66. The summed E-state index contributed by atoms with van der Waals surface area (Å²) in [6, 6.07) is 10.5. The van der Waals surface area contributed by atoms with E-state index in [9.17, 15) is 0 Å². The quantitative estimate of drug-likeness (QED) is 0.714. The number of aryl methyl sites for hydroxylation is 2. The number of hydrogen-bond donors (Lipinski definition) is 0. The van der Waals surface area contributed by atoms with Crippen LogP contribution in [0.3, 0.4) is 0 Å². The number of rotatable bonds is 2. The Kier molecular flexibility index (Phi) is 2.93. The number of benzene rings is 1. The highest BCUT2D eigenvalue weighted by Gasteiger charge is 2.07. The fraction of sp³-hybridized carbons (Fsp3) is 0.250. The van der Waals surface area contributed by atoms with E-state index in [-0.39, 0.29) is 0 Å². The molecule has 0 aliphatic heterocycles. The lowest BCUT2D eigenvalue weighted by Gasteiger charge is -2.11. The molecule has 20 heavy (non-hydrogen) atoms. The van der Waals surface area contributed by atoms with E-state index in [4.69, 9.17) is 0 Å². The normalized spacial score (nSPS) is 11.0. The molecule has 0 amide bonds. The highest BCUT2D eigenvalue weighted by Crippen LogP contribution is 2.22. The minimum absolute atomic E-state index is 0.889. The van der Waals surface area contributed by atoms with Crippen LogP contribution in [0.2, 0.25) is 0 Å². The third-order valence-corrected chi connectivity index (χ3v) is 3.57. The number of nitrogens with zero attached hydrogens (tertiary/aromatic N) is 4. The maximum Gasteiger partial charge on any atom is 0.154 e.